The van der Waals surface area contributed by atoms with E-state index in [2.05, 4.69) is 19.2 Å². The zero-order chi connectivity index (χ0) is 17.2. The Hall–Kier alpha value is -2.49. The van der Waals surface area contributed by atoms with E-state index in [1.54, 1.807) is 12.1 Å². The number of anilines is 1. The van der Waals surface area contributed by atoms with E-state index in [4.69, 9.17) is 9.47 Å². The summed E-state index contributed by atoms with van der Waals surface area (Å²) < 4.78 is 11.2. The van der Waals surface area contributed by atoms with Crippen molar-refractivity contribution >= 4 is 11.6 Å². The first-order chi connectivity index (χ1) is 11.7. The van der Waals surface area contributed by atoms with Gasteiger partial charge in [-0.3, -0.25) is 4.79 Å². The summed E-state index contributed by atoms with van der Waals surface area (Å²) in [5.74, 6) is 1.37. The standard InChI is InChI=1S/C20H25NO3/c1-3-5-14-24-19-8-6-7-16(15-19)20(22)21-17-9-11-18(12-10-17)23-13-4-2/h6-12,15H,3-5,13-14H2,1-2H3,(H,21,22). The molecule has 2 aromatic rings. The average Bonchev–Trinajstić information content (AvgIpc) is 2.61. The van der Waals surface area contributed by atoms with Crippen LogP contribution in [0.25, 0.3) is 0 Å². The molecule has 0 atom stereocenters. The van der Waals surface area contributed by atoms with Crippen LogP contribution in [0.15, 0.2) is 48.5 Å². The first-order valence-electron chi connectivity index (χ1n) is 8.50. The van der Waals surface area contributed by atoms with Crippen LogP contribution in [0.2, 0.25) is 0 Å². The SMILES string of the molecule is CCCCOc1cccc(C(=O)Nc2ccc(OCCC)cc2)c1. The molecule has 0 spiro atoms. The largest absolute Gasteiger partial charge is 0.494 e. The van der Waals surface area contributed by atoms with Crippen molar-refractivity contribution in [1.29, 1.82) is 0 Å². The lowest BCUT2D eigenvalue weighted by Crippen LogP contribution is -2.12. The molecule has 0 heterocycles. The molecule has 2 aromatic carbocycles. The van der Waals surface area contributed by atoms with E-state index in [9.17, 15) is 4.79 Å². The topological polar surface area (TPSA) is 47.6 Å². The van der Waals surface area contributed by atoms with Crippen molar-refractivity contribution in [1.82, 2.24) is 0 Å². The Morgan fingerprint density at radius 3 is 2.38 bits per heavy atom. The lowest BCUT2D eigenvalue weighted by Gasteiger charge is -2.09. The second-order valence-electron chi connectivity index (χ2n) is 5.56. The molecule has 2 rings (SSSR count). The van der Waals surface area contributed by atoms with E-state index in [0.717, 1.165) is 36.4 Å². The molecule has 0 aliphatic carbocycles. The molecule has 128 valence electrons. The van der Waals surface area contributed by atoms with Gasteiger partial charge in [-0.25, -0.2) is 0 Å². The fourth-order valence-corrected chi connectivity index (χ4v) is 2.12. The Labute approximate surface area is 143 Å². The Morgan fingerprint density at radius 1 is 0.917 bits per heavy atom. The predicted molar refractivity (Wildman–Crippen MR) is 97.0 cm³/mol. The molecular weight excluding hydrogens is 302 g/mol. The quantitative estimate of drug-likeness (QED) is 0.666. The van der Waals surface area contributed by atoms with E-state index in [1.807, 2.05) is 36.4 Å². The zero-order valence-corrected chi connectivity index (χ0v) is 14.4. The number of unbranched alkanes of at least 4 members (excludes halogenated alkanes) is 1. The van der Waals surface area contributed by atoms with E-state index < -0.39 is 0 Å². The van der Waals surface area contributed by atoms with E-state index in [0.29, 0.717) is 18.8 Å². The third-order valence-corrected chi connectivity index (χ3v) is 3.45. The van der Waals surface area contributed by atoms with E-state index in [1.165, 1.54) is 0 Å². The summed E-state index contributed by atoms with van der Waals surface area (Å²) in [4.78, 5) is 12.4. The highest BCUT2D eigenvalue weighted by molar-refractivity contribution is 6.04. The van der Waals surface area contributed by atoms with Crippen LogP contribution in [-0.2, 0) is 0 Å². The third kappa shape index (κ3) is 5.61. The molecule has 0 radical (unpaired) electrons. The molecule has 4 nitrogen and oxygen atoms in total. The van der Waals surface area contributed by atoms with Gasteiger partial charge in [0.2, 0.25) is 0 Å². The number of nitrogens with one attached hydrogen (secondary N) is 1. The van der Waals surface area contributed by atoms with E-state index in [-0.39, 0.29) is 5.91 Å². The van der Waals surface area contributed by atoms with Crippen molar-refractivity contribution in [2.45, 2.75) is 33.1 Å². The maximum absolute atomic E-state index is 12.4. The number of hydrogen-bond donors (Lipinski definition) is 1. The van der Waals surface area contributed by atoms with Crippen molar-refractivity contribution in [3.63, 3.8) is 0 Å². The number of amides is 1. The lowest BCUT2D eigenvalue weighted by molar-refractivity contribution is 0.102. The molecular formula is C20H25NO3. The van der Waals surface area contributed by atoms with Gasteiger partial charge in [-0.2, -0.15) is 0 Å². The highest BCUT2D eigenvalue weighted by Crippen LogP contribution is 2.18. The third-order valence-electron chi connectivity index (χ3n) is 3.45. The van der Waals surface area contributed by atoms with Crippen LogP contribution in [0.1, 0.15) is 43.5 Å². The smallest absolute Gasteiger partial charge is 0.255 e. The van der Waals surface area contributed by atoms with Gasteiger partial charge in [0.05, 0.1) is 13.2 Å². The molecule has 24 heavy (non-hydrogen) atoms. The minimum Gasteiger partial charge on any atom is -0.494 e. The van der Waals surface area contributed by atoms with Crippen molar-refractivity contribution < 1.29 is 14.3 Å². The van der Waals surface area contributed by atoms with Crippen LogP contribution in [0, 0.1) is 0 Å². The number of carbonyl (C=O) groups excluding carboxylic acids is 1. The van der Waals surface area contributed by atoms with Crippen LogP contribution in [0.3, 0.4) is 0 Å². The fraction of sp³-hybridized carbons (Fsp3) is 0.350. The zero-order valence-electron chi connectivity index (χ0n) is 14.4. The molecule has 0 saturated heterocycles. The highest BCUT2D eigenvalue weighted by atomic mass is 16.5. The summed E-state index contributed by atoms with van der Waals surface area (Å²) in [7, 11) is 0. The number of carbonyl (C=O) groups is 1. The summed E-state index contributed by atoms with van der Waals surface area (Å²) in [6.45, 7) is 5.54. The van der Waals surface area contributed by atoms with Gasteiger partial charge < -0.3 is 14.8 Å². The summed E-state index contributed by atoms with van der Waals surface area (Å²) >= 11 is 0. The minimum absolute atomic E-state index is 0.154. The van der Waals surface area contributed by atoms with Crippen molar-refractivity contribution in [2.24, 2.45) is 0 Å². The Balaban J connectivity index is 1.95. The normalized spacial score (nSPS) is 10.2. The summed E-state index contributed by atoms with van der Waals surface area (Å²) in [5, 5.41) is 2.89. The molecule has 0 fully saturated rings. The van der Waals surface area contributed by atoms with Crippen LogP contribution in [0.5, 0.6) is 11.5 Å². The molecule has 0 aliphatic rings. The maximum atomic E-state index is 12.4. The van der Waals surface area contributed by atoms with Gasteiger partial charge in [-0.15, -0.1) is 0 Å². The number of hydrogen-bond acceptors (Lipinski definition) is 3. The van der Waals surface area contributed by atoms with Crippen LogP contribution in [-0.4, -0.2) is 19.1 Å². The lowest BCUT2D eigenvalue weighted by atomic mass is 10.2. The van der Waals surface area contributed by atoms with Gasteiger partial charge in [0.25, 0.3) is 5.91 Å². The summed E-state index contributed by atoms with van der Waals surface area (Å²) in [6, 6.07) is 14.6. The maximum Gasteiger partial charge on any atom is 0.255 e. The van der Waals surface area contributed by atoms with Gasteiger partial charge in [0, 0.05) is 11.3 Å². The van der Waals surface area contributed by atoms with Gasteiger partial charge >= 0.3 is 0 Å². The molecule has 0 saturated carbocycles. The number of benzene rings is 2. The molecule has 0 aromatic heterocycles. The average molecular weight is 327 g/mol. The number of ether oxygens (including phenoxy) is 2. The number of rotatable bonds is 9. The molecule has 4 heteroatoms. The Kier molecular flexibility index (Phi) is 7.15. The summed E-state index contributed by atoms with van der Waals surface area (Å²) in [6.07, 6.45) is 3.05. The molecule has 1 N–H and O–H groups in total. The van der Waals surface area contributed by atoms with Crippen molar-refractivity contribution in [3.8, 4) is 11.5 Å². The molecule has 0 aliphatic heterocycles. The highest BCUT2D eigenvalue weighted by Gasteiger charge is 2.07. The van der Waals surface area contributed by atoms with Gasteiger partial charge in [0.15, 0.2) is 0 Å². The Bertz CT molecular complexity index is 638. The van der Waals surface area contributed by atoms with E-state index >= 15 is 0 Å². The summed E-state index contributed by atoms with van der Waals surface area (Å²) in [5.41, 5.74) is 1.32. The monoisotopic (exact) mass is 327 g/mol. The van der Waals surface area contributed by atoms with Crippen molar-refractivity contribution in [2.75, 3.05) is 18.5 Å². The molecule has 0 unspecified atom stereocenters. The molecule has 1 amide bonds. The second-order valence-corrected chi connectivity index (χ2v) is 5.56. The minimum atomic E-state index is -0.154. The van der Waals surface area contributed by atoms with Crippen LogP contribution >= 0.6 is 0 Å². The first-order valence-corrected chi connectivity index (χ1v) is 8.50. The Morgan fingerprint density at radius 2 is 1.67 bits per heavy atom. The second kappa shape index (κ2) is 9.60. The van der Waals surface area contributed by atoms with Crippen LogP contribution < -0.4 is 14.8 Å². The fourth-order valence-electron chi connectivity index (χ4n) is 2.12. The van der Waals surface area contributed by atoms with Gasteiger partial charge in [-0.1, -0.05) is 26.3 Å². The molecule has 0 bridgehead atoms. The van der Waals surface area contributed by atoms with Gasteiger partial charge in [-0.05, 0) is 55.3 Å². The van der Waals surface area contributed by atoms with Gasteiger partial charge in [0.1, 0.15) is 11.5 Å². The predicted octanol–water partition coefficient (Wildman–Crippen LogP) is 4.91. The van der Waals surface area contributed by atoms with Crippen molar-refractivity contribution in [3.05, 3.63) is 54.1 Å². The van der Waals surface area contributed by atoms with Crippen LogP contribution in [0.4, 0.5) is 5.69 Å². The first kappa shape index (κ1) is 17.9.